The van der Waals surface area contributed by atoms with Crippen LogP contribution in [0.4, 0.5) is 0 Å². The first kappa shape index (κ1) is 11.0. The van der Waals surface area contributed by atoms with Gasteiger partial charge in [-0.2, -0.15) is 0 Å². The monoisotopic (exact) mass is 184 g/mol. The first-order valence-corrected chi connectivity index (χ1v) is 5.49. The van der Waals surface area contributed by atoms with Crippen LogP contribution in [0.2, 0.25) is 0 Å². The van der Waals surface area contributed by atoms with Gasteiger partial charge < -0.3 is 0 Å². The minimum Gasteiger partial charge on any atom is -0.271 e. The fraction of sp³-hybridized carbons (Fsp3) is 1.00. The molecule has 1 aliphatic carbocycles. The van der Waals surface area contributed by atoms with Crippen molar-refractivity contribution in [2.24, 2.45) is 17.2 Å². The highest BCUT2D eigenvalue weighted by Crippen LogP contribution is 2.32. The van der Waals surface area contributed by atoms with Crippen molar-refractivity contribution < 1.29 is 0 Å². The van der Waals surface area contributed by atoms with E-state index in [2.05, 4.69) is 26.2 Å². The predicted octanol–water partition coefficient (Wildman–Crippen LogP) is 2.44. The molecule has 78 valence electrons. The van der Waals surface area contributed by atoms with Crippen molar-refractivity contribution in [2.75, 3.05) is 0 Å². The molecule has 1 saturated carbocycles. The molecule has 0 bridgehead atoms. The normalized spacial score (nSPS) is 22.2. The highest BCUT2D eigenvalue weighted by Gasteiger charge is 2.27. The minimum absolute atomic E-state index is 0.389. The number of rotatable bonds is 3. The third-order valence-corrected chi connectivity index (χ3v) is 3.02. The highest BCUT2D eigenvalue weighted by molar-refractivity contribution is 4.82. The van der Waals surface area contributed by atoms with E-state index in [1.165, 1.54) is 32.1 Å². The summed E-state index contributed by atoms with van der Waals surface area (Å²) in [5.74, 6) is 6.43. The first-order chi connectivity index (χ1) is 6.03. The molecule has 0 aliphatic heterocycles. The van der Waals surface area contributed by atoms with Crippen LogP contribution in [0.15, 0.2) is 0 Å². The summed E-state index contributed by atoms with van der Waals surface area (Å²) in [6, 6.07) is 0.530. The lowest BCUT2D eigenvalue weighted by atomic mass is 9.83. The Morgan fingerprint density at radius 1 is 1.31 bits per heavy atom. The van der Waals surface area contributed by atoms with E-state index in [4.69, 9.17) is 5.84 Å². The number of hydrogen-bond donors (Lipinski definition) is 2. The van der Waals surface area contributed by atoms with Crippen molar-refractivity contribution in [2.45, 2.75) is 58.9 Å². The van der Waals surface area contributed by atoms with Crippen molar-refractivity contribution in [3.63, 3.8) is 0 Å². The molecule has 0 radical (unpaired) electrons. The Kier molecular flexibility index (Phi) is 3.74. The zero-order valence-corrected chi connectivity index (χ0v) is 9.27. The van der Waals surface area contributed by atoms with Crippen LogP contribution in [0.3, 0.4) is 0 Å². The summed E-state index contributed by atoms with van der Waals surface area (Å²) in [5.41, 5.74) is 3.39. The second-order valence-corrected chi connectivity index (χ2v) is 5.58. The summed E-state index contributed by atoms with van der Waals surface area (Å²) in [6.45, 7) is 6.85. The third kappa shape index (κ3) is 3.65. The van der Waals surface area contributed by atoms with E-state index in [9.17, 15) is 0 Å². The summed E-state index contributed by atoms with van der Waals surface area (Å²) < 4.78 is 0. The lowest BCUT2D eigenvalue weighted by Gasteiger charge is -2.29. The van der Waals surface area contributed by atoms with Crippen molar-refractivity contribution in [1.29, 1.82) is 0 Å². The summed E-state index contributed by atoms with van der Waals surface area (Å²) in [5, 5.41) is 0. The molecule has 0 spiro atoms. The number of hydrazine groups is 1. The molecule has 2 nitrogen and oxygen atoms in total. The van der Waals surface area contributed by atoms with Gasteiger partial charge in [0.1, 0.15) is 0 Å². The average Bonchev–Trinajstić information content (AvgIpc) is 2.50. The fourth-order valence-corrected chi connectivity index (χ4v) is 2.38. The minimum atomic E-state index is 0.389. The Balaban J connectivity index is 2.42. The van der Waals surface area contributed by atoms with Gasteiger partial charge >= 0.3 is 0 Å². The molecule has 1 atom stereocenters. The molecule has 3 N–H and O–H groups in total. The molecule has 1 unspecified atom stereocenters. The van der Waals surface area contributed by atoms with Gasteiger partial charge in [-0.1, -0.05) is 33.6 Å². The maximum atomic E-state index is 5.61. The van der Waals surface area contributed by atoms with E-state index in [1.54, 1.807) is 0 Å². The van der Waals surface area contributed by atoms with Gasteiger partial charge in [-0.05, 0) is 30.6 Å². The molecule has 0 saturated heterocycles. The van der Waals surface area contributed by atoms with Gasteiger partial charge in [-0.15, -0.1) is 0 Å². The molecular weight excluding hydrogens is 160 g/mol. The van der Waals surface area contributed by atoms with Crippen LogP contribution in [-0.4, -0.2) is 6.04 Å². The van der Waals surface area contributed by atoms with E-state index in [1.807, 2.05) is 0 Å². The largest absolute Gasteiger partial charge is 0.271 e. The fourth-order valence-electron chi connectivity index (χ4n) is 2.38. The third-order valence-electron chi connectivity index (χ3n) is 3.02. The van der Waals surface area contributed by atoms with Gasteiger partial charge in [0.15, 0.2) is 0 Å². The van der Waals surface area contributed by atoms with Crippen LogP contribution in [0.25, 0.3) is 0 Å². The van der Waals surface area contributed by atoms with Crippen LogP contribution in [0, 0.1) is 11.3 Å². The van der Waals surface area contributed by atoms with Crippen molar-refractivity contribution in [1.82, 2.24) is 5.43 Å². The standard InChI is InChI=1S/C11H24N2/c1-11(2,3)8-10(13-12)9-6-4-5-7-9/h9-10,13H,4-8,12H2,1-3H3. The maximum absolute atomic E-state index is 5.61. The second kappa shape index (κ2) is 4.43. The molecule has 1 fully saturated rings. The predicted molar refractivity (Wildman–Crippen MR) is 57.1 cm³/mol. The van der Waals surface area contributed by atoms with Crippen LogP contribution >= 0.6 is 0 Å². The zero-order valence-electron chi connectivity index (χ0n) is 9.27. The van der Waals surface area contributed by atoms with Crippen molar-refractivity contribution in [3.8, 4) is 0 Å². The Bertz CT molecular complexity index is 143. The molecule has 2 heteroatoms. The Hall–Kier alpha value is -0.0800. The topological polar surface area (TPSA) is 38.0 Å². The van der Waals surface area contributed by atoms with Gasteiger partial charge in [0.2, 0.25) is 0 Å². The molecule has 0 amide bonds. The van der Waals surface area contributed by atoms with E-state index in [0.29, 0.717) is 11.5 Å². The molecular formula is C11H24N2. The Morgan fingerprint density at radius 2 is 1.85 bits per heavy atom. The zero-order chi connectivity index (χ0) is 9.90. The van der Waals surface area contributed by atoms with Crippen molar-refractivity contribution in [3.05, 3.63) is 0 Å². The van der Waals surface area contributed by atoms with Gasteiger partial charge in [-0.25, -0.2) is 0 Å². The molecule has 0 aromatic heterocycles. The number of nitrogens with two attached hydrogens (primary N) is 1. The number of hydrogen-bond acceptors (Lipinski definition) is 2. The SMILES string of the molecule is CC(C)(C)CC(NN)C1CCCC1. The van der Waals surface area contributed by atoms with E-state index in [-0.39, 0.29) is 0 Å². The summed E-state index contributed by atoms with van der Waals surface area (Å²) in [4.78, 5) is 0. The van der Waals surface area contributed by atoms with Gasteiger partial charge in [0, 0.05) is 6.04 Å². The first-order valence-electron chi connectivity index (χ1n) is 5.49. The van der Waals surface area contributed by atoms with Gasteiger partial charge in [0.05, 0.1) is 0 Å². The molecule has 0 aromatic carbocycles. The molecule has 1 rings (SSSR count). The molecule has 0 heterocycles. The van der Waals surface area contributed by atoms with Crippen LogP contribution in [0.5, 0.6) is 0 Å². The maximum Gasteiger partial charge on any atom is 0.0243 e. The molecule has 1 aliphatic rings. The van der Waals surface area contributed by atoms with E-state index < -0.39 is 0 Å². The lowest BCUT2D eigenvalue weighted by molar-refractivity contribution is 0.249. The van der Waals surface area contributed by atoms with Gasteiger partial charge in [0.25, 0.3) is 0 Å². The van der Waals surface area contributed by atoms with Gasteiger partial charge in [-0.3, -0.25) is 11.3 Å². The summed E-state index contributed by atoms with van der Waals surface area (Å²) in [6.07, 6.45) is 6.71. The summed E-state index contributed by atoms with van der Waals surface area (Å²) >= 11 is 0. The quantitative estimate of drug-likeness (QED) is 0.522. The highest BCUT2D eigenvalue weighted by atomic mass is 15.2. The lowest BCUT2D eigenvalue weighted by Crippen LogP contribution is -2.42. The Labute approximate surface area is 82.2 Å². The van der Waals surface area contributed by atoms with E-state index >= 15 is 0 Å². The number of nitrogens with one attached hydrogen (secondary N) is 1. The van der Waals surface area contributed by atoms with Crippen LogP contribution in [0.1, 0.15) is 52.9 Å². The molecule has 0 aromatic rings. The molecule has 13 heavy (non-hydrogen) atoms. The average molecular weight is 184 g/mol. The van der Waals surface area contributed by atoms with E-state index in [0.717, 1.165) is 5.92 Å². The van der Waals surface area contributed by atoms with Crippen LogP contribution < -0.4 is 11.3 Å². The second-order valence-electron chi connectivity index (χ2n) is 5.58. The van der Waals surface area contributed by atoms with Crippen LogP contribution in [-0.2, 0) is 0 Å². The Morgan fingerprint density at radius 3 is 2.23 bits per heavy atom. The summed E-state index contributed by atoms with van der Waals surface area (Å²) in [7, 11) is 0. The smallest absolute Gasteiger partial charge is 0.0243 e. The van der Waals surface area contributed by atoms with Crippen molar-refractivity contribution >= 4 is 0 Å².